The van der Waals surface area contributed by atoms with Crippen molar-refractivity contribution < 1.29 is 31.8 Å². The molecule has 0 radical (unpaired) electrons. The highest BCUT2D eigenvalue weighted by Crippen LogP contribution is 2.46. The number of aromatic nitrogens is 4. The van der Waals surface area contributed by atoms with Gasteiger partial charge in [0.2, 0.25) is 16.0 Å². The van der Waals surface area contributed by atoms with E-state index in [0.29, 0.717) is 110 Å². The third-order valence-corrected chi connectivity index (χ3v) is 13.4. The first-order valence-electron chi connectivity index (χ1n) is 17.9. The van der Waals surface area contributed by atoms with Crippen LogP contribution >= 0.6 is 11.5 Å². The van der Waals surface area contributed by atoms with E-state index in [1.807, 2.05) is 57.2 Å². The number of fused-ring (bicyclic) bond motifs is 2. The number of rotatable bonds is 8. The average Bonchev–Trinajstić information content (AvgIpc) is 3.73. The number of sulfonamides is 1. The van der Waals surface area contributed by atoms with Crippen LogP contribution < -0.4 is 9.64 Å². The number of hydrogen-bond acceptors (Lipinski definition) is 11. The predicted octanol–water partition coefficient (Wildman–Crippen LogP) is 5.92. The molecule has 0 unspecified atom stereocenters. The number of halogens is 1. The molecule has 6 heterocycles. The van der Waals surface area contributed by atoms with Crippen LogP contribution in [0.2, 0.25) is 0 Å². The first-order valence-corrected chi connectivity index (χ1v) is 20.2. The molecule has 2 fully saturated rings. The molecule has 3 aromatic heterocycles. The van der Waals surface area contributed by atoms with Gasteiger partial charge in [-0.1, -0.05) is 0 Å². The lowest BCUT2D eigenvalue weighted by molar-refractivity contribution is -0.138. The minimum absolute atomic E-state index is 0.176. The minimum Gasteiger partial charge on any atom is -0.490 e. The third kappa shape index (κ3) is 6.74. The van der Waals surface area contributed by atoms with E-state index >= 15 is 4.39 Å². The number of benzene rings is 1. The minimum atomic E-state index is -3.40. The number of aryl methyl sites for hydroxylation is 2. The van der Waals surface area contributed by atoms with Gasteiger partial charge in [0.05, 0.1) is 23.2 Å². The number of nitrogens with zero attached hydrogens (tertiary/aromatic N) is 6. The Morgan fingerprint density at radius 2 is 1.79 bits per heavy atom. The van der Waals surface area contributed by atoms with Crippen LogP contribution in [0, 0.1) is 19.7 Å². The van der Waals surface area contributed by atoms with Gasteiger partial charge in [0.25, 0.3) is 0 Å². The van der Waals surface area contributed by atoms with E-state index in [1.54, 1.807) is 4.31 Å². The van der Waals surface area contributed by atoms with E-state index < -0.39 is 32.8 Å². The molecule has 3 aliphatic heterocycles. The lowest BCUT2D eigenvalue weighted by atomic mass is 9.86. The number of ether oxygens (including phenoxy) is 3. The van der Waals surface area contributed by atoms with Crippen molar-refractivity contribution in [3.05, 3.63) is 40.3 Å². The zero-order valence-corrected chi connectivity index (χ0v) is 32.5. The first-order chi connectivity index (χ1) is 24.7. The van der Waals surface area contributed by atoms with Gasteiger partial charge in [-0.2, -0.15) is 13.7 Å². The zero-order valence-electron chi connectivity index (χ0n) is 30.9. The topological polar surface area (TPSA) is 129 Å². The van der Waals surface area contributed by atoms with E-state index in [-0.39, 0.29) is 5.78 Å². The van der Waals surface area contributed by atoms with Crippen molar-refractivity contribution in [3.63, 3.8) is 0 Å². The number of ketones is 1. The Balaban J connectivity index is 1.29. The molecule has 0 aliphatic carbocycles. The van der Waals surface area contributed by atoms with E-state index in [9.17, 15) is 13.2 Å². The number of hydrogen-bond donors (Lipinski definition) is 0. The lowest BCUT2D eigenvalue weighted by Gasteiger charge is -2.36. The molecule has 7 rings (SSSR count). The van der Waals surface area contributed by atoms with Crippen molar-refractivity contribution in [3.8, 4) is 27.6 Å². The Labute approximate surface area is 308 Å². The molecule has 4 aromatic rings. The molecular weight excluding hydrogens is 708 g/mol. The lowest BCUT2D eigenvalue weighted by Crippen LogP contribution is -2.52. The van der Waals surface area contributed by atoms with Crippen LogP contribution in [0.5, 0.6) is 5.75 Å². The standard InChI is InChI=1S/C37H47FN6O6S2/c1-21-25-9-8-16-49-33(25)28(38)19-26(21)31-27-20-29(42(7)34(27)39-22(2)30(31)32(23(3)45)50-37(4,5)6)35-40-36(41-51-35)43-12-14-44(15-13-43)52(46,47)24-10-17-48-18-11-24/h19-20,24,32H,8-18H2,1-7H3/t32-/m1/s1. The summed E-state index contributed by atoms with van der Waals surface area (Å²) in [5.74, 6) is 0.222. The van der Waals surface area contributed by atoms with E-state index in [2.05, 4.69) is 0 Å². The normalized spacial score (nSPS) is 18.4. The Morgan fingerprint density at radius 3 is 2.46 bits per heavy atom. The quantitative estimate of drug-likeness (QED) is 0.214. The molecule has 12 nitrogen and oxygen atoms in total. The molecule has 0 spiro atoms. The number of carbonyl (C=O) groups is 1. The average molecular weight is 755 g/mol. The maximum Gasteiger partial charge on any atom is 0.237 e. The first kappa shape index (κ1) is 36.8. The van der Waals surface area contributed by atoms with E-state index in [4.69, 9.17) is 28.6 Å². The summed E-state index contributed by atoms with van der Waals surface area (Å²) in [7, 11) is -1.48. The van der Waals surface area contributed by atoms with Crippen LogP contribution in [-0.2, 0) is 37.8 Å². The van der Waals surface area contributed by atoms with Gasteiger partial charge in [-0.15, -0.1) is 0 Å². The van der Waals surface area contributed by atoms with Gasteiger partial charge >= 0.3 is 0 Å². The summed E-state index contributed by atoms with van der Waals surface area (Å²) in [5, 5.41) is 1.00. The van der Waals surface area contributed by atoms with Crippen LogP contribution in [0.1, 0.15) is 75.4 Å². The van der Waals surface area contributed by atoms with Crippen molar-refractivity contribution in [2.24, 2.45) is 7.05 Å². The van der Waals surface area contributed by atoms with Crippen LogP contribution in [0.15, 0.2) is 12.1 Å². The van der Waals surface area contributed by atoms with Gasteiger partial charge in [0.15, 0.2) is 22.4 Å². The Hall–Kier alpha value is -3.50. The molecule has 0 bridgehead atoms. The third-order valence-electron chi connectivity index (χ3n) is 10.3. The molecule has 3 aliphatic rings. The Kier molecular flexibility index (Phi) is 9.95. The van der Waals surface area contributed by atoms with Gasteiger partial charge in [-0.3, -0.25) is 4.79 Å². The molecule has 0 saturated carbocycles. The molecule has 15 heteroatoms. The largest absolute Gasteiger partial charge is 0.490 e. The number of Topliss-reactive ketones (excluding diaryl/α,β-unsaturated/α-hetero) is 1. The van der Waals surface area contributed by atoms with Gasteiger partial charge in [0, 0.05) is 74.2 Å². The Morgan fingerprint density at radius 1 is 1.08 bits per heavy atom. The second-order valence-corrected chi connectivity index (χ2v) is 17.9. The number of carbonyl (C=O) groups excluding carboxylic acids is 1. The number of piperazine rings is 1. The highest BCUT2D eigenvalue weighted by Gasteiger charge is 2.37. The molecule has 1 aromatic carbocycles. The second kappa shape index (κ2) is 14.0. The van der Waals surface area contributed by atoms with Gasteiger partial charge in [0.1, 0.15) is 11.8 Å². The summed E-state index contributed by atoms with van der Waals surface area (Å²) in [6, 6.07) is 3.51. The number of anilines is 1. The maximum absolute atomic E-state index is 15.9. The van der Waals surface area contributed by atoms with Crippen LogP contribution in [0.4, 0.5) is 10.3 Å². The summed E-state index contributed by atoms with van der Waals surface area (Å²) < 4.78 is 68.3. The molecule has 0 N–H and O–H groups in total. The summed E-state index contributed by atoms with van der Waals surface area (Å²) in [4.78, 5) is 25.4. The van der Waals surface area contributed by atoms with Crippen molar-refractivity contribution in [2.75, 3.05) is 50.9 Å². The predicted molar refractivity (Wildman–Crippen MR) is 199 cm³/mol. The fraction of sp³-hybridized carbons (Fsp3) is 0.568. The fourth-order valence-corrected chi connectivity index (χ4v) is 10.3. The van der Waals surface area contributed by atoms with Crippen molar-refractivity contribution in [1.29, 1.82) is 0 Å². The van der Waals surface area contributed by atoms with Gasteiger partial charge in [-0.05, 0) is 102 Å². The molecular formula is C37H47FN6O6S2. The summed E-state index contributed by atoms with van der Waals surface area (Å²) >= 11 is 1.26. The molecule has 0 amide bonds. The maximum atomic E-state index is 15.9. The Bertz CT molecular complexity index is 2130. The van der Waals surface area contributed by atoms with Crippen molar-refractivity contribution >= 4 is 44.3 Å². The monoisotopic (exact) mass is 754 g/mol. The van der Waals surface area contributed by atoms with E-state index in [1.165, 1.54) is 24.5 Å². The summed E-state index contributed by atoms with van der Waals surface area (Å²) in [6.07, 6.45) is 1.58. The highest BCUT2D eigenvalue weighted by molar-refractivity contribution is 7.89. The molecule has 52 heavy (non-hydrogen) atoms. The summed E-state index contributed by atoms with van der Waals surface area (Å²) in [6.45, 7) is 14.2. The SMILES string of the molecule is CC(=O)[C@@H](OC(C)(C)C)c1c(C)nc2c(cc(-c3nc(N4CCN(S(=O)(=O)C5CCOCC5)CC4)ns3)n2C)c1-c1cc(F)c2c(c1C)CCCO2. The van der Waals surface area contributed by atoms with Crippen molar-refractivity contribution in [1.82, 2.24) is 23.2 Å². The summed E-state index contributed by atoms with van der Waals surface area (Å²) in [5.41, 5.74) is 5.08. The second-order valence-electron chi connectivity index (χ2n) is 15.0. The van der Waals surface area contributed by atoms with E-state index in [0.717, 1.165) is 28.6 Å². The van der Waals surface area contributed by atoms with Gasteiger partial charge in [-0.25, -0.2) is 17.8 Å². The smallest absolute Gasteiger partial charge is 0.237 e. The van der Waals surface area contributed by atoms with Crippen LogP contribution in [0.25, 0.3) is 32.9 Å². The number of pyridine rings is 1. The van der Waals surface area contributed by atoms with Crippen molar-refractivity contribution in [2.45, 2.75) is 84.2 Å². The molecule has 1 atom stereocenters. The van der Waals surface area contributed by atoms with Gasteiger partial charge < -0.3 is 23.7 Å². The van der Waals surface area contributed by atoms with Crippen LogP contribution in [0.3, 0.4) is 0 Å². The van der Waals surface area contributed by atoms with Crippen LogP contribution in [-0.4, -0.2) is 94.3 Å². The molecule has 2 saturated heterocycles. The molecule has 280 valence electrons. The highest BCUT2D eigenvalue weighted by atomic mass is 32.2. The fourth-order valence-electron chi connectivity index (χ4n) is 7.66. The zero-order chi connectivity index (χ0) is 37.1.